The van der Waals surface area contributed by atoms with Gasteiger partial charge < -0.3 is 11.1 Å². The Labute approximate surface area is 97.0 Å². The molecule has 3 heteroatoms. The summed E-state index contributed by atoms with van der Waals surface area (Å²) in [6.07, 6.45) is 1.48. The molecule has 0 aliphatic rings. The zero-order valence-electron chi connectivity index (χ0n) is 9.78. The number of hydrogen-bond donors (Lipinski definition) is 2. The van der Waals surface area contributed by atoms with Gasteiger partial charge in [-0.05, 0) is 18.0 Å². The largest absolute Gasteiger partial charge is 0.352 e. The summed E-state index contributed by atoms with van der Waals surface area (Å²) in [5, 5.41) is 2.90. The molecule has 1 aromatic carbocycles. The lowest BCUT2D eigenvalue weighted by atomic mass is 10.0. The van der Waals surface area contributed by atoms with Gasteiger partial charge in [-0.1, -0.05) is 43.7 Å². The SMILES string of the molecule is CCC(CN)CC(=O)NCc1ccccc1. The van der Waals surface area contributed by atoms with Crippen LogP contribution < -0.4 is 11.1 Å². The molecule has 1 aromatic rings. The van der Waals surface area contributed by atoms with Gasteiger partial charge in [-0.25, -0.2) is 0 Å². The molecule has 16 heavy (non-hydrogen) atoms. The Morgan fingerprint density at radius 1 is 1.38 bits per heavy atom. The second kappa shape index (κ2) is 7.01. The highest BCUT2D eigenvalue weighted by molar-refractivity contribution is 5.76. The first-order chi connectivity index (χ1) is 7.76. The number of carbonyl (C=O) groups is 1. The molecule has 1 rings (SSSR count). The van der Waals surface area contributed by atoms with Crippen LogP contribution in [0, 0.1) is 5.92 Å². The van der Waals surface area contributed by atoms with Gasteiger partial charge >= 0.3 is 0 Å². The van der Waals surface area contributed by atoms with Crippen molar-refractivity contribution >= 4 is 5.91 Å². The smallest absolute Gasteiger partial charge is 0.220 e. The molecule has 1 amide bonds. The van der Waals surface area contributed by atoms with E-state index in [0.29, 0.717) is 25.4 Å². The molecule has 0 saturated heterocycles. The van der Waals surface area contributed by atoms with Crippen LogP contribution in [0.4, 0.5) is 0 Å². The number of amides is 1. The minimum absolute atomic E-state index is 0.0844. The van der Waals surface area contributed by atoms with Gasteiger partial charge in [-0.2, -0.15) is 0 Å². The van der Waals surface area contributed by atoms with Crippen LogP contribution in [0.2, 0.25) is 0 Å². The number of hydrogen-bond acceptors (Lipinski definition) is 2. The molecule has 0 radical (unpaired) electrons. The summed E-state index contributed by atoms with van der Waals surface area (Å²) in [4.78, 5) is 11.6. The summed E-state index contributed by atoms with van der Waals surface area (Å²) in [6, 6.07) is 9.90. The molecule has 0 saturated carbocycles. The lowest BCUT2D eigenvalue weighted by Gasteiger charge is -2.11. The first-order valence-electron chi connectivity index (χ1n) is 5.77. The highest BCUT2D eigenvalue weighted by Crippen LogP contribution is 2.06. The predicted molar refractivity (Wildman–Crippen MR) is 65.7 cm³/mol. The van der Waals surface area contributed by atoms with E-state index < -0.39 is 0 Å². The van der Waals surface area contributed by atoms with E-state index >= 15 is 0 Å². The average molecular weight is 220 g/mol. The first kappa shape index (κ1) is 12.7. The minimum atomic E-state index is 0.0844. The standard InChI is InChI=1S/C13H20N2O/c1-2-11(9-14)8-13(16)15-10-12-6-4-3-5-7-12/h3-7,11H,2,8-10,14H2,1H3,(H,15,16). The second-order valence-corrected chi connectivity index (χ2v) is 3.98. The van der Waals surface area contributed by atoms with E-state index in [9.17, 15) is 4.79 Å². The van der Waals surface area contributed by atoms with E-state index in [1.165, 1.54) is 0 Å². The molecule has 3 N–H and O–H groups in total. The number of benzene rings is 1. The van der Waals surface area contributed by atoms with Crippen LogP contribution in [0.1, 0.15) is 25.3 Å². The van der Waals surface area contributed by atoms with Crippen molar-refractivity contribution in [1.82, 2.24) is 5.32 Å². The molecule has 0 spiro atoms. The minimum Gasteiger partial charge on any atom is -0.352 e. The van der Waals surface area contributed by atoms with Crippen molar-refractivity contribution in [3.63, 3.8) is 0 Å². The summed E-state index contributed by atoms with van der Waals surface area (Å²) in [5.41, 5.74) is 6.68. The van der Waals surface area contributed by atoms with Gasteiger partial charge in [0, 0.05) is 13.0 Å². The molecule has 3 nitrogen and oxygen atoms in total. The van der Waals surface area contributed by atoms with E-state index in [1.807, 2.05) is 30.3 Å². The number of nitrogens with two attached hydrogens (primary N) is 1. The fourth-order valence-corrected chi connectivity index (χ4v) is 1.53. The summed E-state index contributed by atoms with van der Waals surface area (Å²) >= 11 is 0. The van der Waals surface area contributed by atoms with Crippen LogP contribution >= 0.6 is 0 Å². The molecule has 0 aliphatic carbocycles. The Balaban J connectivity index is 2.30. The van der Waals surface area contributed by atoms with Gasteiger partial charge in [-0.15, -0.1) is 0 Å². The van der Waals surface area contributed by atoms with E-state index in [4.69, 9.17) is 5.73 Å². The topological polar surface area (TPSA) is 55.1 Å². The van der Waals surface area contributed by atoms with Crippen molar-refractivity contribution < 1.29 is 4.79 Å². The number of carbonyl (C=O) groups excluding carboxylic acids is 1. The fourth-order valence-electron chi connectivity index (χ4n) is 1.53. The molecule has 0 aliphatic heterocycles. The summed E-state index contributed by atoms with van der Waals surface area (Å²) < 4.78 is 0. The normalized spacial score (nSPS) is 12.1. The monoisotopic (exact) mass is 220 g/mol. The number of nitrogens with one attached hydrogen (secondary N) is 1. The third kappa shape index (κ3) is 4.45. The van der Waals surface area contributed by atoms with Gasteiger partial charge in [0.25, 0.3) is 0 Å². The molecule has 0 bridgehead atoms. The molecule has 1 atom stereocenters. The van der Waals surface area contributed by atoms with E-state index in [0.717, 1.165) is 12.0 Å². The van der Waals surface area contributed by atoms with Gasteiger partial charge in [0.2, 0.25) is 5.91 Å². The second-order valence-electron chi connectivity index (χ2n) is 3.98. The summed E-state index contributed by atoms with van der Waals surface area (Å²) in [6.45, 7) is 3.23. The quantitative estimate of drug-likeness (QED) is 0.766. The summed E-state index contributed by atoms with van der Waals surface area (Å²) in [7, 11) is 0. The van der Waals surface area contributed by atoms with Crippen LogP contribution in [-0.4, -0.2) is 12.5 Å². The van der Waals surface area contributed by atoms with Crippen LogP contribution in [0.15, 0.2) is 30.3 Å². The molecular weight excluding hydrogens is 200 g/mol. The summed E-state index contributed by atoms with van der Waals surface area (Å²) in [5.74, 6) is 0.386. The predicted octanol–water partition coefficient (Wildman–Crippen LogP) is 1.68. The van der Waals surface area contributed by atoms with Gasteiger partial charge in [-0.3, -0.25) is 4.79 Å². The maximum absolute atomic E-state index is 11.6. The lowest BCUT2D eigenvalue weighted by Crippen LogP contribution is -2.27. The van der Waals surface area contributed by atoms with Gasteiger partial charge in [0.05, 0.1) is 0 Å². The van der Waals surface area contributed by atoms with Crippen molar-refractivity contribution in [2.75, 3.05) is 6.54 Å². The molecule has 0 heterocycles. The fraction of sp³-hybridized carbons (Fsp3) is 0.462. The molecule has 0 fully saturated rings. The highest BCUT2D eigenvalue weighted by Gasteiger charge is 2.09. The zero-order chi connectivity index (χ0) is 11.8. The molecule has 88 valence electrons. The third-order valence-electron chi connectivity index (χ3n) is 2.72. The molecular formula is C13H20N2O. The number of rotatable bonds is 6. The molecule has 1 unspecified atom stereocenters. The Hall–Kier alpha value is -1.35. The van der Waals surface area contributed by atoms with Crippen molar-refractivity contribution in [2.45, 2.75) is 26.3 Å². The van der Waals surface area contributed by atoms with E-state index in [1.54, 1.807) is 0 Å². The zero-order valence-corrected chi connectivity index (χ0v) is 9.78. The maximum atomic E-state index is 11.6. The third-order valence-corrected chi connectivity index (χ3v) is 2.72. The van der Waals surface area contributed by atoms with Gasteiger partial charge in [0.15, 0.2) is 0 Å². The van der Waals surface area contributed by atoms with Crippen LogP contribution in [0.3, 0.4) is 0 Å². The Morgan fingerprint density at radius 3 is 2.62 bits per heavy atom. The average Bonchev–Trinajstić information content (AvgIpc) is 2.34. The molecule has 0 aromatic heterocycles. The van der Waals surface area contributed by atoms with Crippen molar-refractivity contribution in [3.05, 3.63) is 35.9 Å². The lowest BCUT2D eigenvalue weighted by molar-refractivity contribution is -0.122. The van der Waals surface area contributed by atoms with Crippen molar-refractivity contribution in [2.24, 2.45) is 11.7 Å². The Morgan fingerprint density at radius 2 is 2.06 bits per heavy atom. The Bertz CT molecular complexity index is 307. The first-order valence-corrected chi connectivity index (χ1v) is 5.77. The van der Waals surface area contributed by atoms with E-state index in [2.05, 4.69) is 12.2 Å². The van der Waals surface area contributed by atoms with Crippen LogP contribution in [0.5, 0.6) is 0 Å². The van der Waals surface area contributed by atoms with Crippen LogP contribution in [-0.2, 0) is 11.3 Å². The maximum Gasteiger partial charge on any atom is 0.220 e. The highest BCUT2D eigenvalue weighted by atomic mass is 16.1. The van der Waals surface area contributed by atoms with E-state index in [-0.39, 0.29) is 5.91 Å². The van der Waals surface area contributed by atoms with Crippen LogP contribution in [0.25, 0.3) is 0 Å². The Kier molecular flexibility index (Phi) is 5.57. The van der Waals surface area contributed by atoms with Crippen molar-refractivity contribution in [1.29, 1.82) is 0 Å². The van der Waals surface area contributed by atoms with Gasteiger partial charge in [0.1, 0.15) is 0 Å². The van der Waals surface area contributed by atoms with Crippen molar-refractivity contribution in [3.8, 4) is 0 Å².